The molecule has 0 N–H and O–H groups in total. The highest BCUT2D eigenvalue weighted by molar-refractivity contribution is 5.83. The lowest BCUT2D eigenvalue weighted by Crippen LogP contribution is -2.35. The van der Waals surface area contributed by atoms with Gasteiger partial charge in [0.25, 0.3) is 0 Å². The van der Waals surface area contributed by atoms with Gasteiger partial charge in [0.1, 0.15) is 6.54 Å². The molecule has 0 saturated heterocycles. The van der Waals surface area contributed by atoms with Crippen LogP contribution in [0.5, 0.6) is 0 Å². The minimum atomic E-state index is 0.143. The first kappa shape index (κ1) is 12.7. The van der Waals surface area contributed by atoms with Gasteiger partial charge in [-0.05, 0) is 43.9 Å². The molecule has 0 spiro atoms. The second-order valence-electron chi connectivity index (χ2n) is 5.10. The molecule has 0 bridgehead atoms. The molecule has 0 aliphatic carbocycles. The summed E-state index contributed by atoms with van der Waals surface area (Å²) >= 11 is 0. The topological polar surface area (TPSA) is 25.2 Å². The number of hydrogen-bond acceptors (Lipinski definition) is 1. The van der Waals surface area contributed by atoms with Crippen molar-refractivity contribution in [2.45, 2.75) is 33.4 Å². The van der Waals surface area contributed by atoms with Gasteiger partial charge in [0, 0.05) is 24.8 Å². The fourth-order valence-corrected chi connectivity index (χ4v) is 1.98. The Kier molecular flexibility index (Phi) is 3.41. The van der Waals surface area contributed by atoms with E-state index in [0.717, 1.165) is 5.52 Å². The molecule has 0 fully saturated rings. The van der Waals surface area contributed by atoms with E-state index >= 15 is 0 Å². The summed E-state index contributed by atoms with van der Waals surface area (Å²) in [4.78, 5) is 13.9. The number of hydrogen-bond donors (Lipinski definition) is 0. The Morgan fingerprint density at radius 1 is 1.33 bits per heavy atom. The molecule has 1 aromatic carbocycles. The van der Waals surface area contributed by atoms with Gasteiger partial charge in [0.05, 0.1) is 0 Å². The van der Waals surface area contributed by atoms with E-state index < -0.39 is 0 Å². The zero-order valence-electron chi connectivity index (χ0n) is 11.5. The van der Waals surface area contributed by atoms with Crippen molar-refractivity contribution >= 4 is 16.8 Å². The van der Waals surface area contributed by atoms with Crippen LogP contribution in [0, 0.1) is 6.92 Å². The maximum Gasteiger partial charge on any atom is 0.242 e. The number of amides is 1. The lowest BCUT2D eigenvalue weighted by Gasteiger charge is -2.21. The van der Waals surface area contributed by atoms with E-state index in [1.807, 2.05) is 31.7 Å². The Balaban J connectivity index is 2.27. The summed E-state index contributed by atoms with van der Waals surface area (Å²) in [6.45, 7) is 6.52. The average Bonchev–Trinajstić information content (AvgIpc) is 2.70. The number of nitrogens with zero attached hydrogens (tertiary/aromatic N) is 2. The van der Waals surface area contributed by atoms with Crippen LogP contribution in [0.25, 0.3) is 10.9 Å². The molecule has 18 heavy (non-hydrogen) atoms. The van der Waals surface area contributed by atoms with Gasteiger partial charge in [-0.2, -0.15) is 0 Å². The molecular formula is C15H20N2O. The summed E-state index contributed by atoms with van der Waals surface area (Å²) < 4.78 is 2.02. The maximum atomic E-state index is 12.1. The molecule has 0 atom stereocenters. The monoisotopic (exact) mass is 244 g/mol. The fourth-order valence-electron chi connectivity index (χ4n) is 1.98. The van der Waals surface area contributed by atoms with Crippen molar-refractivity contribution in [3.8, 4) is 0 Å². The summed E-state index contributed by atoms with van der Waals surface area (Å²) in [6, 6.07) is 8.60. The third kappa shape index (κ3) is 2.40. The van der Waals surface area contributed by atoms with Gasteiger partial charge >= 0.3 is 0 Å². The number of rotatable bonds is 3. The highest BCUT2D eigenvalue weighted by Gasteiger charge is 2.13. The molecule has 3 nitrogen and oxygen atoms in total. The van der Waals surface area contributed by atoms with E-state index in [2.05, 4.69) is 31.2 Å². The zero-order valence-corrected chi connectivity index (χ0v) is 11.5. The van der Waals surface area contributed by atoms with Crippen LogP contribution in [0.15, 0.2) is 30.5 Å². The summed E-state index contributed by atoms with van der Waals surface area (Å²) in [7, 11) is 1.85. The fraction of sp³-hybridized carbons (Fsp3) is 0.400. The van der Waals surface area contributed by atoms with Crippen molar-refractivity contribution in [1.82, 2.24) is 9.47 Å². The maximum absolute atomic E-state index is 12.1. The van der Waals surface area contributed by atoms with Gasteiger partial charge < -0.3 is 9.47 Å². The van der Waals surface area contributed by atoms with Crippen LogP contribution < -0.4 is 0 Å². The second-order valence-corrected chi connectivity index (χ2v) is 5.10. The van der Waals surface area contributed by atoms with Crippen molar-refractivity contribution in [3.63, 3.8) is 0 Å². The van der Waals surface area contributed by atoms with Crippen LogP contribution in [0.1, 0.15) is 19.4 Å². The molecule has 2 rings (SSSR count). The quantitative estimate of drug-likeness (QED) is 0.815. The molecule has 0 unspecified atom stereocenters. The minimum Gasteiger partial charge on any atom is -0.342 e. The van der Waals surface area contributed by atoms with Gasteiger partial charge in [0.2, 0.25) is 5.91 Å². The standard InChI is InChI=1S/C15H20N2O/c1-11(2)16(4)15(18)10-17-8-7-13-6-5-12(3)9-14(13)17/h5-9,11H,10H2,1-4H3. The highest BCUT2D eigenvalue weighted by atomic mass is 16.2. The smallest absolute Gasteiger partial charge is 0.242 e. The number of likely N-dealkylation sites (N-methyl/N-ethyl adjacent to an activating group) is 1. The SMILES string of the molecule is Cc1ccc2ccn(CC(=O)N(C)C(C)C)c2c1. The van der Waals surface area contributed by atoms with Crippen molar-refractivity contribution in [3.05, 3.63) is 36.0 Å². The molecular weight excluding hydrogens is 224 g/mol. The summed E-state index contributed by atoms with van der Waals surface area (Å²) in [6.07, 6.45) is 1.98. The van der Waals surface area contributed by atoms with Gasteiger partial charge in [-0.25, -0.2) is 0 Å². The predicted octanol–water partition coefficient (Wildman–Crippen LogP) is 2.82. The van der Waals surface area contributed by atoms with Crippen LogP contribution in [-0.4, -0.2) is 28.5 Å². The van der Waals surface area contributed by atoms with Gasteiger partial charge in [-0.3, -0.25) is 4.79 Å². The number of fused-ring (bicyclic) bond motifs is 1. The Labute approximate surface area is 108 Å². The normalized spacial score (nSPS) is 11.2. The summed E-state index contributed by atoms with van der Waals surface area (Å²) in [5, 5.41) is 1.18. The Hall–Kier alpha value is -1.77. The molecule has 0 saturated carbocycles. The third-order valence-corrected chi connectivity index (χ3v) is 3.40. The number of benzene rings is 1. The molecule has 2 aromatic rings. The van der Waals surface area contributed by atoms with E-state index in [0.29, 0.717) is 6.54 Å². The van der Waals surface area contributed by atoms with Crippen LogP contribution >= 0.6 is 0 Å². The van der Waals surface area contributed by atoms with E-state index in [4.69, 9.17) is 0 Å². The second kappa shape index (κ2) is 4.84. The zero-order chi connectivity index (χ0) is 13.3. The molecule has 96 valence electrons. The molecule has 0 aliphatic heterocycles. The van der Waals surface area contributed by atoms with Crippen molar-refractivity contribution in [1.29, 1.82) is 0 Å². The molecule has 3 heteroatoms. The number of carbonyl (C=O) groups excluding carboxylic acids is 1. The largest absolute Gasteiger partial charge is 0.342 e. The van der Waals surface area contributed by atoms with E-state index in [9.17, 15) is 4.79 Å². The summed E-state index contributed by atoms with van der Waals surface area (Å²) in [5.41, 5.74) is 2.34. The van der Waals surface area contributed by atoms with Crippen molar-refractivity contribution in [2.24, 2.45) is 0 Å². The van der Waals surface area contributed by atoms with E-state index in [1.165, 1.54) is 10.9 Å². The Bertz CT molecular complexity index is 569. The molecule has 1 aromatic heterocycles. The number of aromatic nitrogens is 1. The van der Waals surface area contributed by atoms with Crippen molar-refractivity contribution < 1.29 is 4.79 Å². The molecule has 0 aliphatic rings. The lowest BCUT2D eigenvalue weighted by molar-refractivity contribution is -0.131. The van der Waals surface area contributed by atoms with Crippen LogP contribution in [0.4, 0.5) is 0 Å². The first-order valence-electron chi connectivity index (χ1n) is 6.30. The van der Waals surface area contributed by atoms with Crippen LogP contribution in [-0.2, 0) is 11.3 Å². The van der Waals surface area contributed by atoms with Crippen LogP contribution in [0.3, 0.4) is 0 Å². The first-order valence-corrected chi connectivity index (χ1v) is 6.30. The minimum absolute atomic E-state index is 0.143. The first-order chi connectivity index (χ1) is 8.49. The Morgan fingerprint density at radius 2 is 2.06 bits per heavy atom. The average molecular weight is 244 g/mol. The molecule has 0 radical (unpaired) electrons. The molecule has 1 amide bonds. The lowest BCUT2D eigenvalue weighted by atomic mass is 10.2. The van der Waals surface area contributed by atoms with E-state index in [-0.39, 0.29) is 11.9 Å². The molecule has 1 heterocycles. The third-order valence-electron chi connectivity index (χ3n) is 3.40. The number of carbonyl (C=O) groups is 1. The van der Waals surface area contributed by atoms with Gasteiger partial charge in [0.15, 0.2) is 0 Å². The number of aryl methyl sites for hydroxylation is 1. The summed E-state index contributed by atoms with van der Waals surface area (Å²) in [5.74, 6) is 0.143. The van der Waals surface area contributed by atoms with Crippen LogP contribution in [0.2, 0.25) is 0 Å². The predicted molar refractivity (Wildman–Crippen MR) is 74.6 cm³/mol. The highest BCUT2D eigenvalue weighted by Crippen LogP contribution is 2.17. The van der Waals surface area contributed by atoms with Crippen molar-refractivity contribution in [2.75, 3.05) is 7.05 Å². The van der Waals surface area contributed by atoms with E-state index in [1.54, 1.807) is 4.90 Å². The Morgan fingerprint density at radius 3 is 2.72 bits per heavy atom. The van der Waals surface area contributed by atoms with Gasteiger partial charge in [-0.15, -0.1) is 0 Å². The van der Waals surface area contributed by atoms with Gasteiger partial charge in [-0.1, -0.05) is 12.1 Å².